The summed E-state index contributed by atoms with van der Waals surface area (Å²) in [6, 6.07) is 4.60. The Balaban J connectivity index is 1.74. The number of pyridine rings is 3. The molecule has 8 nitrogen and oxygen atoms in total. The minimum absolute atomic E-state index is 0.00988. The fourth-order valence-electron chi connectivity index (χ4n) is 3.45. The largest absolute Gasteiger partial charge is 0.452 e. The molecule has 0 spiro atoms. The molecule has 3 aromatic rings. The highest BCUT2D eigenvalue weighted by Crippen LogP contribution is 2.40. The van der Waals surface area contributed by atoms with E-state index in [1.165, 1.54) is 25.3 Å². The van der Waals surface area contributed by atoms with E-state index in [-0.39, 0.29) is 28.1 Å². The van der Waals surface area contributed by atoms with Crippen LogP contribution in [0.3, 0.4) is 0 Å². The Morgan fingerprint density at radius 1 is 1.21 bits per heavy atom. The maximum absolute atomic E-state index is 14.6. The molecule has 0 unspecified atom stereocenters. The molecule has 2 atom stereocenters. The Morgan fingerprint density at radius 2 is 1.97 bits per heavy atom. The number of amidine groups is 1. The zero-order valence-corrected chi connectivity index (χ0v) is 16.8. The van der Waals surface area contributed by atoms with Gasteiger partial charge in [-0.15, -0.1) is 0 Å². The summed E-state index contributed by atoms with van der Waals surface area (Å²) in [7, 11) is 0. The van der Waals surface area contributed by atoms with Crippen LogP contribution in [0.2, 0.25) is 0 Å². The third-order valence-electron chi connectivity index (χ3n) is 4.98. The minimum Gasteiger partial charge on any atom is -0.452 e. The number of nitrogens with zero attached hydrogens (tertiary/aromatic N) is 5. The molecule has 13 heteroatoms. The Morgan fingerprint density at radius 3 is 2.67 bits per heavy atom. The molecule has 0 aliphatic carbocycles. The van der Waals surface area contributed by atoms with Crippen molar-refractivity contribution in [2.75, 3.05) is 5.32 Å². The van der Waals surface area contributed by atoms with Gasteiger partial charge >= 0.3 is 6.18 Å². The third kappa shape index (κ3) is 4.19. The average Bonchev–Trinajstić information content (AvgIpc) is 2.75. The van der Waals surface area contributed by atoms with Gasteiger partial charge < -0.3 is 15.8 Å². The number of alkyl halides is 3. The van der Waals surface area contributed by atoms with E-state index in [1.807, 2.05) is 6.07 Å². The van der Waals surface area contributed by atoms with Gasteiger partial charge in [0.05, 0.1) is 11.8 Å². The second-order valence-corrected chi connectivity index (χ2v) is 7.41. The molecule has 33 heavy (non-hydrogen) atoms. The van der Waals surface area contributed by atoms with Crippen LogP contribution in [0.4, 0.5) is 33.6 Å². The number of nitriles is 1. The number of nitrogens with two attached hydrogens (primary N) is 1. The molecule has 0 bridgehead atoms. The average molecular weight is 463 g/mol. The summed E-state index contributed by atoms with van der Waals surface area (Å²) in [5.41, 5.74) is 3.45. The van der Waals surface area contributed by atoms with Crippen molar-refractivity contribution in [1.29, 1.82) is 5.26 Å². The first-order valence-electron chi connectivity index (χ1n) is 9.37. The van der Waals surface area contributed by atoms with Gasteiger partial charge in [0.1, 0.15) is 34.5 Å². The van der Waals surface area contributed by atoms with Crippen LogP contribution >= 0.6 is 0 Å². The van der Waals surface area contributed by atoms with Crippen molar-refractivity contribution in [3.05, 3.63) is 53.5 Å². The van der Waals surface area contributed by atoms with Gasteiger partial charge in [0.15, 0.2) is 17.7 Å². The summed E-state index contributed by atoms with van der Waals surface area (Å²) in [6.07, 6.45) is -5.68. The predicted octanol–water partition coefficient (Wildman–Crippen LogP) is 3.80. The number of halogens is 5. The van der Waals surface area contributed by atoms with Gasteiger partial charge in [-0.1, -0.05) is 0 Å². The number of rotatable bonds is 3. The van der Waals surface area contributed by atoms with Gasteiger partial charge in [-0.2, -0.15) is 18.4 Å². The first-order valence-corrected chi connectivity index (χ1v) is 9.37. The number of hydrogen-bond acceptors (Lipinski definition) is 8. The lowest BCUT2D eigenvalue weighted by Crippen LogP contribution is -2.46. The Hall–Kier alpha value is -4.08. The van der Waals surface area contributed by atoms with E-state index < -0.39 is 47.6 Å². The van der Waals surface area contributed by atoms with Crippen LogP contribution in [0.15, 0.2) is 35.6 Å². The van der Waals surface area contributed by atoms with Gasteiger partial charge in [0.25, 0.3) is 6.02 Å². The molecule has 3 aromatic heterocycles. The predicted molar refractivity (Wildman–Crippen MR) is 106 cm³/mol. The zero-order chi connectivity index (χ0) is 24.0. The fourth-order valence-corrected chi connectivity index (χ4v) is 3.45. The van der Waals surface area contributed by atoms with E-state index in [1.54, 1.807) is 0 Å². The van der Waals surface area contributed by atoms with E-state index in [0.717, 1.165) is 12.3 Å². The highest BCUT2D eigenvalue weighted by Gasteiger charge is 2.50. The van der Waals surface area contributed by atoms with E-state index in [0.29, 0.717) is 0 Å². The summed E-state index contributed by atoms with van der Waals surface area (Å²) < 4.78 is 73.1. The van der Waals surface area contributed by atoms with Gasteiger partial charge in [0.2, 0.25) is 0 Å². The summed E-state index contributed by atoms with van der Waals surface area (Å²) >= 11 is 0. The summed E-state index contributed by atoms with van der Waals surface area (Å²) in [5.74, 6) is -1.60. The van der Waals surface area contributed by atoms with E-state index in [4.69, 9.17) is 11.0 Å². The molecular weight excluding hydrogens is 449 g/mol. The molecular formula is C20H14F5N7O. The number of aromatic nitrogens is 3. The second kappa shape index (κ2) is 7.80. The number of fused-ring (bicyclic) bond motifs is 1. The molecule has 170 valence electrons. The number of hydrogen-bond donors (Lipinski definition) is 2. The number of nitrogens with one attached hydrogen (secondary N) is 1. The maximum atomic E-state index is 14.6. The number of aliphatic imine (C=N–C) groups is 1. The van der Waals surface area contributed by atoms with Crippen molar-refractivity contribution in [1.82, 2.24) is 15.0 Å². The fraction of sp³-hybridized carbons (Fsp3) is 0.250. The molecule has 1 aliphatic heterocycles. The first-order chi connectivity index (χ1) is 15.5. The van der Waals surface area contributed by atoms with Crippen molar-refractivity contribution in [2.24, 2.45) is 10.7 Å². The van der Waals surface area contributed by atoms with Crippen LogP contribution in [0.25, 0.3) is 10.9 Å². The Labute approximate surface area is 182 Å². The normalized spacial score (nSPS) is 20.6. The Kier molecular flexibility index (Phi) is 5.23. The van der Waals surface area contributed by atoms with Crippen LogP contribution in [-0.2, 0) is 10.3 Å². The molecule has 1 aliphatic rings. The van der Waals surface area contributed by atoms with E-state index in [9.17, 15) is 22.0 Å². The minimum atomic E-state index is -4.75. The van der Waals surface area contributed by atoms with Crippen LogP contribution in [0.5, 0.6) is 0 Å². The van der Waals surface area contributed by atoms with Crippen molar-refractivity contribution >= 4 is 28.6 Å². The lowest BCUT2D eigenvalue weighted by atomic mass is 9.89. The molecule has 3 N–H and O–H groups in total. The molecule has 0 saturated carbocycles. The van der Waals surface area contributed by atoms with Crippen LogP contribution in [0.1, 0.15) is 24.6 Å². The monoisotopic (exact) mass is 463 g/mol. The van der Waals surface area contributed by atoms with Crippen molar-refractivity contribution < 1.29 is 26.7 Å². The van der Waals surface area contributed by atoms with Crippen LogP contribution < -0.4 is 11.1 Å². The summed E-state index contributed by atoms with van der Waals surface area (Å²) in [4.78, 5) is 15.9. The first kappa shape index (κ1) is 22.1. The topological polar surface area (TPSA) is 122 Å². The van der Waals surface area contributed by atoms with Crippen molar-refractivity contribution in [2.45, 2.75) is 31.2 Å². The zero-order valence-electron chi connectivity index (χ0n) is 16.8. The SMILES string of the molecule is C[C@]1(c2nc(Nc3ncc(F)c4cc(C#N)cnc34)ccc2F)C[C@@H](C(F)(F)F)OC(N)=N1. The molecule has 0 amide bonds. The highest BCUT2D eigenvalue weighted by molar-refractivity contribution is 5.90. The summed E-state index contributed by atoms with van der Waals surface area (Å²) in [5, 5.41) is 11.8. The molecule has 0 fully saturated rings. The smallest absolute Gasteiger partial charge is 0.425 e. The maximum Gasteiger partial charge on any atom is 0.425 e. The van der Waals surface area contributed by atoms with Gasteiger partial charge in [0, 0.05) is 18.0 Å². The number of ether oxygens (including phenoxy) is 1. The summed E-state index contributed by atoms with van der Waals surface area (Å²) in [6.45, 7) is 1.26. The molecule has 0 aromatic carbocycles. The number of anilines is 2. The molecule has 4 rings (SSSR count). The quantitative estimate of drug-likeness (QED) is 0.567. The van der Waals surface area contributed by atoms with Crippen LogP contribution in [0, 0.1) is 23.0 Å². The Bertz CT molecular complexity index is 1320. The van der Waals surface area contributed by atoms with Gasteiger partial charge in [-0.25, -0.2) is 23.7 Å². The molecule has 0 radical (unpaired) electrons. The van der Waals surface area contributed by atoms with Crippen molar-refractivity contribution in [3.63, 3.8) is 0 Å². The third-order valence-corrected chi connectivity index (χ3v) is 4.98. The van der Waals surface area contributed by atoms with E-state index in [2.05, 4.69) is 30.0 Å². The van der Waals surface area contributed by atoms with Crippen molar-refractivity contribution in [3.8, 4) is 6.07 Å². The lowest BCUT2D eigenvalue weighted by molar-refractivity contribution is -0.208. The van der Waals surface area contributed by atoms with Gasteiger partial charge in [-0.05, 0) is 25.1 Å². The lowest BCUT2D eigenvalue weighted by Gasteiger charge is -2.35. The highest BCUT2D eigenvalue weighted by atomic mass is 19.4. The standard InChI is InChI=1S/C20H14F5N7O/c1-19(5-13(20(23,24)25)33-18(27)32-19)16-11(21)2-3-14(30-16)31-17-15-10(12(22)8-29-17)4-9(6-26)7-28-15/h2-4,7-8,13H,5H2,1H3,(H2,27,32)(H,29,30,31)/t13-,19+/m0/s1. The van der Waals surface area contributed by atoms with Crippen LogP contribution in [-0.4, -0.2) is 33.3 Å². The second-order valence-electron chi connectivity index (χ2n) is 7.41. The molecule has 0 saturated heterocycles. The van der Waals surface area contributed by atoms with E-state index >= 15 is 0 Å². The molecule has 4 heterocycles. The van der Waals surface area contributed by atoms with Gasteiger partial charge in [-0.3, -0.25) is 4.98 Å².